The van der Waals surface area contributed by atoms with Crippen molar-refractivity contribution in [2.75, 3.05) is 7.05 Å². The molecule has 0 radical (unpaired) electrons. The van der Waals surface area contributed by atoms with Crippen LogP contribution in [0.25, 0.3) is 0 Å². The third-order valence-corrected chi connectivity index (χ3v) is 2.62. The van der Waals surface area contributed by atoms with Gasteiger partial charge in [0.2, 0.25) is 5.91 Å². The fourth-order valence-electron chi connectivity index (χ4n) is 1.44. The SMILES string of the molecule is CC(=O)C(C)C(=O)N(C)Cc1ccccc1. The van der Waals surface area contributed by atoms with Crippen LogP contribution in [0.2, 0.25) is 0 Å². The molecule has 1 aromatic rings. The maximum atomic E-state index is 11.8. The lowest BCUT2D eigenvalue weighted by atomic mass is 10.1. The van der Waals surface area contributed by atoms with Crippen LogP contribution in [0.1, 0.15) is 19.4 Å². The molecule has 86 valence electrons. The lowest BCUT2D eigenvalue weighted by Gasteiger charge is -2.20. The van der Waals surface area contributed by atoms with E-state index in [1.165, 1.54) is 6.92 Å². The molecule has 1 rings (SSSR count). The molecule has 0 spiro atoms. The van der Waals surface area contributed by atoms with Gasteiger partial charge in [-0.25, -0.2) is 0 Å². The van der Waals surface area contributed by atoms with Gasteiger partial charge in [0.25, 0.3) is 0 Å². The fraction of sp³-hybridized carbons (Fsp3) is 0.385. The van der Waals surface area contributed by atoms with Crippen molar-refractivity contribution >= 4 is 11.7 Å². The molecule has 1 amide bonds. The van der Waals surface area contributed by atoms with Crippen molar-refractivity contribution in [2.45, 2.75) is 20.4 Å². The molecule has 0 aliphatic rings. The molecule has 0 heterocycles. The van der Waals surface area contributed by atoms with Gasteiger partial charge in [0, 0.05) is 13.6 Å². The summed E-state index contributed by atoms with van der Waals surface area (Å²) in [7, 11) is 1.72. The molecule has 0 aromatic heterocycles. The van der Waals surface area contributed by atoms with Crippen molar-refractivity contribution < 1.29 is 9.59 Å². The first-order valence-corrected chi connectivity index (χ1v) is 5.31. The Morgan fingerprint density at radius 1 is 1.25 bits per heavy atom. The number of amides is 1. The normalized spacial score (nSPS) is 11.9. The molecule has 1 atom stereocenters. The van der Waals surface area contributed by atoms with Crippen molar-refractivity contribution in [2.24, 2.45) is 5.92 Å². The second kappa shape index (κ2) is 5.45. The molecular formula is C13H17NO2. The highest BCUT2D eigenvalue weighted by molar-refractivity contribution is 5.99. The summed E-state index contributed by atoms with van der Waals surface area (Å²) in [4.78, 5) is 24.5. The zero-order valence-electron chi connectivity index (χ0n) is 9.93. The van der Waals surface area contributed by atoms with E-state index in [1.54, 1.807) is 18.9 Å². The number of nitrogens with zero attached hydrogens (tertiary/aromatic N) is 1. The first-order chi connectivity index (χ1) is 7.52. The zero-order valence-corrected chi connectivity index (χ0v) is 9.93. The molecule has 16 heavy (non-hydrogen) atoms. The number of rotatable bonds is 4. The van der Waals surface area contributed by atoms with E-state index in [-0.39, 0.29) is 11.7 Å². The van der Waals surface area contributed by atoms with Crippen LogP contribution in [0.5, 0.6) is 0 Å². The highest BCUT2D eigenvalue weighted by Gasteiger charge is 2.21. The summed E-state index contributed by atoms with van der Waals surface area (Å²) in [5.74, 6) is -0.769. The van der Waals surface area contributed by atoms with E-state index in [1.807, 2.05) is 30.3 Å². The van der Waals surface area contributed by atoms with Crippen molar-refractivity contribution in [1.82, 2.24) is 4.90 Å². The van der Waals surface area contributed by atoms with Gasteiger partial charge in [0.1, 0.15) is 5.78 Å². The highest BCUT2D eigenvalue weighted by Crippen LogP contribution is 2.07. The van der Waals surface area contributed by atoms with Gasteiger partial charge in [0.05, 0.1) is 5.92 Å². The number of hydrogen-bond acceptors (Lipinski definition) is 2. The highest BCUT2D eigenvalue weighted by atomic mass is 16.2. The van der Waals surface area contributed by atoms with Gasteiger partial charge >= 0.3 is 0 Å². The van der Waals surface area contributed by atoms with Crippen LogP contribution in [-0.2, 0) is 16.1 Å². The Hall–Kier alpha value is -1.64. The van der Waals surface area contributed by atoms with Gasteiger partial charge in [-0.2, -0.15) is 0 Å². The van der Waals surface area contributed by atoms with Crippen molar-refractivity contribution in [1.29, 1.82) is 0 Å². The summed E-state index contributed by atoms with van der Waals surface area (Å²) in [5, 5.41) is 0. The quantitative estimate of drug-likeness (QED) is 0.725. The fourth-order valence-corrected chi connectivity index (χ4v) is 1.44. The second-order valence-electron chi connectivity index (χ2n) is 4.01. The average Bonchev–Trinajstić information content (AvgIpc) is 2.28. The minimum atomic E-state index is -0.547. The smallest absolute Gasteiger partial charge is 0.232 e. The van der Waals surface area contributed by atoms with Gasteiger partial charge in [-0.15, -0.1) is 0 Å². The van der Waals surface area contributed by atoms with Gasteiger partial charge in [-0.05, 0) is 19.4 Å². The molecule has 0 aliphatic carbocycles. The number of Topliss-reactive ketones (excluding diaryl/α,β-unsaturated/α-hetero) is 1. The zero-order chi connectivity index (χ0) is 12.1. The number of benzene rings is 1. The monoisotopic (exact) mass is 219 g/mol. The average molecular weight is 219 g/mol. The first kappa shape index (κ1) is 12.4. The van der Waals surface area contributed by atoms with E-state index in [2.05, 4.69) is 0 Å². The lowest BCUT2D eigenvalue weighted by molar-refractivity contribution is -0.139. The minimum absolute atomic E-state index is 0.0927. The number of ketones is 1. The van der Waals surface area contributed by atoms with E-state index in [0.29, 0.717) is 6.54 Å². The van der Waals surface area contributed by atoms with Crippen LogP contribution in [0.4, 0.5) is 0 Å². The maximum absolute atomic E-state index is 11.8. The summed E-state index contributed by atoms with van der Waals surface area (Å²) in [6, 6.07) is 9.72. The number of hydrogen-bond donors (Lipinski definition) is 0. The summed E-state index contributed by atoms with van der Waals surface area (Å²) >= 11 is 0. The third-order valence-electron chi connectivity index (χ3n) is 2.62. The Labute approximate surface area is 96.1 Å². The molecule has 0 aliphatic heterocycles. The molecule has 3 heteroatoms. The molecule has 0 bridgehead atoms. The topological polar surface area (TPSA) is 37.4 Å². The molecule has 0 fully saturated rings. The van der Waals surface area contributed by atoms with E-state index < -0.39 is 5.92 Å². The summed E-state index contributed by atoms with van der Waals surface area (Å²) in [5.41, 5.74) is 1.06. The Bertz CT molecular complexity index is 373. The standard InChI is InChI=1S/C13H17NO2/c1-10(11(2)15)13(16)14(3)9-12-7-5-4-6-8-12/h4-8,10H,9H2,1-3H3. The molecule has 3 nitrogen and oxygen atoms in total. The predicted molar refractivity (Wildman–Crippen MR) is 62.8 cm³/mol. The van der Waals surface area contributed by atoms with Crippen LogP contribution in [0, 0.1) is 5.92 Å². The minimum Gasteiger partial charge on any atom is -0.341 e. The Morgan fingerprint density at radius 3 is 2.31 bits per heavy atom. The van der Waals surface area contributed by atoms with Crippen LogP contribution < -0.4 is 0 Å². The lowest BCUT2D eigenvalue weighted by Crippen LogP contribution is -2.34. The molecule has 1 aromatic carbocycles. The third kappa shape index (κ3) is 3.19. The van der Waals surface area contributed by atoms with Gasteiger partial charge in [-0.3, -0.25) is 9.59 Å². The largest absolute Gasteiger partial charge is 0.341 e. The Balaban J connectivity index is 2.62. The molecular weight excluding hydrogens is 202 g/mol. The molecule has 1 unspecified atom stereocenters. The van der Waals surface area contributed by atoms with Crippen molar-refractivity contribution in [3.05, 3.63) is 35.9 Å². The van der Waals surface area contributed by atoms with Crippen molar-refractivity contribution in [3.8, 4) is 0 Å². The van der Waals surface area contributed by atoms with E-state index >= 15 is 0 Å². The first-order valence-electron chi connectivity index (χ1n) is 5.31. The predicted octanol–water partition coefficient (Wildman–Crippen LogP) is 1.87. The van der Waals surface area contributed by atoms with E-state index in [4.69, 9.17) is 0 Å². The Kier molecular flexibility index (Phi) is 4.23. The van der Waals surface area contributed by atoms with Crippen molar-refractivity contribution in [3.63, 3.8) is 0 Å². The maximum Gasteiger partial charge on any atom is 0.232 e. The summed E-state index contributed by atoms with van der Waals surface area (Å²) < 4.78 is 0. The van der Waals surface area contributed by atoms with Crippen LogP contribution >= 0.6 is 0 Å². The number of carbonyl (C=O) groups excluding carboxylic acids is 2. The summed E-state index contributed by atoms with van der Waals surface area (Å²) in [6.45, 7) is 3.63. The van der Waals surface area contributed by atoms with Crippen LogP contribution in [0.15, 0.2) is 30.3 Å². The summed E-state index contributed by atoms with van der Waals surface area (Å²) in [6.07, 6.45) is 0. The van der Waals surface area contributed by atoms with Gasteiger partial charge in [0.15, 0.2) is 0 Å². The van der Waals surface area contributed by atoms with Crippen LogP contribution in [-0.4, -0.2) is 23.6 Å². The second-order valence-corrected chi connectivity index (χ2v) is 4.01. The van der Waals surface area contributed by atoms with E-state index in [9.17, 15) is 9.59 Å². The van der Waals surface area contributed by atoms with Gasteiger partial charge < -0.3 is 4.90 Å². The molecule has 0 N–H and O–H groups in total. The Morgan fingerprint density at radius 2 is 1.81 bits per heavy atom. The molecule has 0 saturated carbocycles. The molecule has 0 saturated heterocycles. The van der Waals surface area contributed by atoms with Gasteiger partial charge in [-0.1, -0.05) is 30.3 Å². The van der Waals surface area contributed by atoms with E-state index in [0.717, 1.165) is 5.56 Å². The number of carbonyl (C=O) groups is 2. The van der Waals surface area contributed by atoms with Crippen LogP contribution in [0.3, 0.4) is 0 Å².